The molecule has 29 heavy (non-hydrogen) atoms. The Labute approximate surface area is 165 Å². The van der Waals surface area contributed by atoms with E-state index in [1.165, 1.54) is 12.1 Å². The van der Waals surface area contributed by atoms with Crippen LogP contribution in [-0.4, -0.2) is 35.4 Å². The van der Waals surface area contributed by atoms with Gasteiger partial charge in [-0.15, -0.1) is 0 Å². The maximum absolute atomic E-state index is 14.1. The fourth-order valence-corrected chi connectivity index (χ4v) is 3.80. The number of amides is 2. The van der Waals surface area contributed by atoms with E-state index in [1.807, 2.05) is 0 Å². The molecule has 2 aromatic rings. The van der Waals surface area contributed by atoms with Crippen LogP contribution in [0.15, 0.2) is 36.4 Å². The van der Waals surface area contributed by atoms with Gasteiger partial charge in [-0.25, -0.2) is 18.0 Å². The van der Waals surface area contributed by atoms with Crippen molar-refractivity contribution in [3.63, 3.8) is 0 Å². The minimum atomic E-state index is -0.896. The number of urea groups is 1. The molecular formula is C21H19F3N2O3. The van der Waals surface area contributed by atoms with E-state index in [0.29, 0.717) is 32.0 Å². The zero-order chi connectivity index (χ0) is 20.6. The van der Waals surface area contributed by atoms with Gasteiger partial charge in [0.05, 0.1) is 12.0 Å². The lowest BCUT2D eigenvalue weighted by Gasteiger charge is -2.43. The van der Waals surface area contributed by atoms with E-state index in [9.17, 15) is 22.8 Å². The van der Waals surface area contributed by atoms with Gasteiger partial charge in [-0.05, 0) is 23.8 Å². The lowest BCUT2D eigenvalue weighted by molar-refractivity contribution is -0.00365. The van der Waals surface area contributed by atoms with Crippen molar-refractivity contribution in [2.45, 2.75) is 31.4 Å². The number of carbonyl (C=O) groups is 2. The fraction of sp³-hybridized carbons (Fsp3) is 0.333. The van der Waals surface area contributed by atoms with Gasteiger partial charge in [-0.1, -0.05) is 12.1 Å². The minimum absolute atomic E-state index is 0.0218. The second kappa shape index (κ2) is 7.42. The Morgan fingerprint density at radius 2 is 1.76 bits per heavy atom. The first kappa shape index (κ1) is 19.3. The molecule has 1 fully saturated rings. The molecule has 0 saturated carbocycles. The summed E-state index contributed by atoms with van der Waals surface area (Å²) >= 11 is 0. The van der Waals surface area contributed by atoms with Gasteiger partial charge in [-0.2, -0.15) is 0 Å². The number of rotatable bonds is 2. The number of hydrogen-bond acceptors (Lipinski definition) is 3. The summed E-state index contributed by atoms with van der Waals surface area (Å²) in [5, 5.41) is 2.77. The van der Waals surface area contributed by atoms with Crippen LogP contribution in [0, 0.1) is 17.5 Å². The predicted octanol–water partition coefficient (Wildman–Crippen LogP) is 3.81. The smallest absolute Gasteiger partial charge is 0.317 e. The molecule has 2 amide bonds. The Morgan fingerprint density at radius 1 is 1.07 bits per heavy atom. The number of Topliss-reactive ketones (excluding diaryl/α,β-unsaturated/α-hetero) is 1. The van der Waals surface area contributed by atoms with E-state index >= 15 is 0 Å². The third-order valence-electron chi connectivity index (χ3n) is 5.43. The molecule has 0 bridgehead atoms. The summed E-state index contributed by atoms with van der Waals surface area (Å²) in [5.74, 6) is -2.63. The monoisotopic (exact) mass is 404 g/mol. The quantitative estimate of drug-likeness (QED) is 0.828. The molecule has 1 N–H and O–H groups in total. The van der Waals surface area contributed by atoms with Crippen LogP contribution in [0.2, 0.25) is 0 Å². The van der Waals surface area contributed by atoms with Gasteiger partial charge >= 0.3 is 6.03 Å². The summed E-state index contributed by atoms with van der Waals surface area (Å²) < 4.78 is 46.3. The molecule has 5 nitrogen and oxygen atoms in total. The van der Waals surface area contributed by atoms with Crippen LogP contribution in [0.1, 0.15) is 35.2 Å². The van der Waals surface area contributed by atoms with Crippen molar-refractivity contribution in [3.8, 4) is 5.75 Å². The number of ether oxygens (including phenoxy) is 1. The molecule has 0 unspecified atom stereocenters. The number of nitrogens with zero attached hydrogens (tertiary/aromatic N) is 1. The van der Waals surface area contributed by atoms with Crippen molar-refractivity contribution in [2.75, 3.05) is 13.1 Å². The highest BCUT2D eigenvalue weighted by Crippen LogP contribution is 2.41. The minimum Gasteiger partial charge on any atom is -0.483 e. The van der Waals surface area contributed by atoms with E-state index in [1.54, 1.807) is 17.0 Å². The second-order valence-electron chi connectivity index (χ2n) is 7.42. The number of ketones is 1. The van der Waals surface area contributed by atoms with Crippen LogP contribution in [0.5, 0.6) is 5.75 Å². The number of nitrogens with one attached hydrogen (secondary N) is 1. The first-order valence-corrected chi connectivity index (χ1v) is 9.34. The molecule has 0 aliphatic carbocycles. The molecule has 0 radical (unpaired) electrons. The molecule has 0 atom stereocenters. The molecular weight excluding hydrogens is 385 g/mol. The zero-order valence-corrected chi connectivity index (χ0v) is 15.5. The number of benzene rings is 2. The number of fused-ring (bicyclic) bond motifs is 1. The number of halogens is 3. The summed E-state index contributed by atoms with van der Waals surface area (Å²) in [4.78, 5) is 26.4. The molecule has 152 valence electrons. The molecule has 1 spiro atoms. The van der Waals surface area contributed by atoms with E-state index in [0.717, 1.165) is 11.6 Å². The molecule has 8 heteroatoms. The van der Waals surface area contributed by atoms with Crippen LogP contribution in [0.25, 0.3) is 0 Å². The Hall–Kier alpha value is -3.03. The van der Waals surface area contributed by atoms with Crippen LogP contribution in [0.3, 0.4) is 0 Å². The highest BCUT2D eigenvalue weighted by atomic mass is 19.1. The van der Waals surface area contributed by atoms with E-state index in [-0.39, 0.29) is 41.9 Å². The maximum atomic E-state index is 14.1. The van der Waals surface area contributed by atoms with E-state index in [2.05, 4.69) is 5.32 Å². The summed E-state index contributed by atoms with van der Waals surface area (Å²) in [7, 11) is 0. The Kier molecular flexibility index (Phi) is 4.94. The zero-order valence-electron chi connectivity index (χ0n) is 15.5. The maximum Gasteiger partial charge on any atom is 0.317 e. The van der Waals surface area contributed by atoms with Crippen LogP contribution in [-0.2, 0) is 6.54 Å². The average molecular weight is 404 g/mol. The molecule has 4 rings (SSSR count). The van der Waals surface area contributed by atoms with Gasteiger partial charge in [0.25, 0.3) is 0 Å². The number of likely N-dealkylation sites (tertiary alicyclic amines) is 1. The van der Waals surface area contributed by atoms with Crippen LogP contribution in [0.4, 0.5) is 18.0 Å². The average Bonchev–Trinajstić information content (AvgIpc) is 2.69. The van der Waals surface area contributed by atoms with Crippen molar-refractivity contribution >= 4 is 11.8 Å². The second-order valence-corrected chi connectivity index (χ2v) is 7.42. The van der Waals surface area contributed by atoms with Crippen molar-refractivity contribution in [3.05, 3.63) is 65.0 Å². The fourth-order valence-electron chi connectivity index (χ4n) is 3.80. The van der Waals surface area contributed by atoms with Crippen molar-refractivity contribution < 1.29 is 27.5 Å². The predicted molar refractivity (Wildman–Crippen MR) is 98.1 cm³/mol. The molecule has 2 aliphatic rings. The number of hydrogen-bond donors (Lipinski definition) is 1. The van der Waals surface area contributed by atoms with E-state index < -0.39 is 17.2 Å². The number of piperidine rings is 1. The van der Waals surface area contributed by atoms with E-state index in [4.69, 9.17) is 4.74 Å². The third-order valence-corrected chi connectivity index (χ3v) is 5.43. The SMILES string of the molecule is O=C1CC2(CCN(C(=O)NCc3ccc(F)cc3)CC2)Oc2c(F)cc(F)cc21. The summed E-state index contributed by atoms with van der Waals surface area (Å²) in [6, 6.07) is 7.25. The lowest BCUT2D eigenvalue weighted by atomic mass is 9.82. The highest BCUT2D eigenvalue weighted by molar-refractivity contribution is 6.00. The van der Waals surface area contributed by atoms with Gasteiger partial charge in [0, 0.05) is 38.5 Å². The summed E-state index contributed by atoms with van der Waals surface area (Å²) in [5.41, 5.74) is -0.197. The molecule has 0 aromatic heterocycles. The third kappa shape index (κ3) is 3.92. The highest BCUT2D eigenvalue weighted by Gasteiger charge is 2.44. The van der Waals surface area contributed by atoms with Gasteiger partial charge in [0.1, 0.15) is 17.2 Å². The van der Waals surface area contributed by atoms with Crippen molar-refractivity contribution in [1.82, 2.24) is 10.2 Å². The molecule has 2 aromatic carbocycles. The van der Waals surface area contributed by atoms with Gasteiger partial charge in [-0.3, -0.25) is 4.79 Å². The van der Waals surface area contributed by atoms with Gasteiger partial charge in [0.2, 0.25) is 0 Å². The lowest BCUT2D eigenvalue weighted by Crippen LogP contribution is -2.54. The Bertz CT molecular complexity index is 954. The Morgan fingerprint density at radius 3 is 2.45 bits per heavy atom. The largest absolute Gasteiger partial charge is 0.483 e. The van der Waals surface area contributed by atoms with Crippen LogP contribution >= 0.6 is 0 Å². The standard InChI is InChI=1S/C21H19F3N2O3/c22-14-3-1-13(2-4-14)12-25-20(28)26-7-5-21(6-8-26)11-18(27)16-9-15(23)10-17(24)19(16)29-21/h1-4,9-10H,5-8,11-12H2,(H,25,28). The first-order chi connectivity index (χ1) is 13.8. The van der Waals surface area contributed by atoms with Gasteiger partial charge < -0.3 is 15.0 Å². The topological polar surface area (TPSA) is 58.6 Å². The molecule has 2 heterocycles. The first-order valence-electron chi connectivity index (χ1n) is 9.34. The summed E-state index contributed by atoms with van der Waals surface area (Å²) in [6.07, 6.45) is 0.742. The van der Waals surface area contributed by atoms with Crippen LogP contribution < -0.4 is 10.1 Å². The van der Waals surface area contributed by atoms with Gasteiger partial charge in [0.15, 0.2) is 17.3 Å². The molecule has 2 aliphatic heterocycles. The molecule has 1 saturated heterocycles. The van der Waals surface area contributed by atoms with Crippen molar-refractivity contribution in [2.24, 2.45) is 0 Å². The van der Waals surface area contributed by atoms with Crippen molar-refractivity contribution in [1.29, 1.82) is 0 Å². The normalized spacial score (nSPS) is 17.6. The Balaban J connectivity index is 1.38. The summed E-state index contributed by atoms with van der Waals surface area (Å²) in [6.45, 7) is 0.932. The number of carbonyl (C=O) groups excluding carboxylic acids is 2.